The summed E-state index contributed by atoms with van der Waals surface area (Å²) in [7, 11) is -3.32. The molecule has 0 aromatic carbocycles. The fourth-order valence-electron chi connectivity index (χ4n) is 2.39. The number of hydrogen-bond acceptors (Lipinski definition) is 4. The fourth-order valence-corrected chi connectivity index (χ4v) is 4.19. The average Bonchev–Trinajstić information content (AvgIpc) is 2.62. The number of imide groups is 1. The van der Waals surface area contributed by atoms with E-state index in [9.17, 15) is 18.0 Å². The first-order valence-corrected chi connectivity index (χ1v) is 8.21. The summed E-state index contributed by atoms with van der Waals surface area (Å²) in [6, 6.07) is -0.511. The lowest BCUT2D eigenvalue weighted by Gasteiger charge is -2.36. The largest absolute Gasteiger partial charge is 0.323 e. The van der Waals surface area contributed by atoms with E-state index in [0.717, 1.165) is 0 Å². The summed E-state index contributed by atoms with van der Waals surface area (Å²) in [5.41, 5.74) is -0.935. The Balaban J connectivity index is 2.00. The van der Waals surface area contributed by atoms with E-state index in [-0.39, 0.29) is 24.7 Å². The van der Waals surface area contributed by atoms with Gasteiger partial charge in [-0.15, -0.1) is 11.6 Å². The van der Waals surface area contributed by atoms with E-state index in [2.05, 4.69) is 10.6 Å². The zero-order valence-electron chi connectivity index (χ0n) is 10.3. The zero-order valence-corrected chi connectivity index (χ0v) is 11.9. The van der Waals surface area contributed by atoms with Crippen LogP contribution in [0.5, 0.6) is 0 Å². The van der Waals surface area contributed by atoms with Crippen LogP contribution < -0.4 is 10.6 Å². The van der Waals surface area contributed by atoms with Gasteiger partial charge in [0.05, 0.1) is 5.75 Å². The van der Waals surface area contributed by atoms with Crippen LogP contribution in [-0.4, -0.2) is 54.9 Å². The van der Waals surface area contributed by atoms with Crippen LogP contribution in [0.1, 0.15) is 19.3 Å². The third kappa shape index (κ3) is 2.85. The number of sulfonamides is 1. The first-order chi connectivity index (χ1) is 8.89. The van der Waals surface area contributed by atoms with E-state index in [0.29, 0.717) is 25.1 Å². The molecule has 2 heterocycles. The Hall–Kier alpha value is -0.860. The zero-order chi connectivity index (χ0) is 14.1. The van der Waals surface area contributed by atoms with Crippen LogP contribution in [0.4, 0.5) is 4.79 Å². The van der Waals surface area contributed by atoms with Gasteiger partial charge in [0.25, 0.3) is 5.91 Å². The molecule has 0 radical (unpaired) electrons. The summed E-state index contributed by atoms with van der Waals surface area (Å²) in [6.07, 6.45) is 0.998. The topological polar surface area (TPSA) is 95.6 Å². The number of nitrogens with zero attached hydrogens (tertiary/aromatic N) is 1. The van der Waals surface area contributed by atoms with Crippen LogP contribution >= 0.6 is 11.6 Å². The number of nitrogens with one attached hydrogen (secondary N) is 2. The molecule has 3 amide bonds. The second-order valence-corrected chi connectivity index (χ2v) is 7.21. The molecule has 0 aliphatic carbocycles. The van der Waals surface area contributed by atoms with Crippen LogP contribution in [0.25, 0.3) is 0 Å². The smallest absolute Gasteiger partial charge is 0.322 e. The molecule has 2 rings (SSSR count). The maximum absolute atomic E-state index is 12.0. The number of piperidine rings is 1. The van der Waals surface area contributed by atoms with Gasteiger partial charge < -0.3 is 5.32 Å². The maximum atomic E-state index is 12.0. The predicted molar refractivity (Wildman–Crippen MR) is 69.3 cm³/mol. The molecule has 2 fully saturated rings. The number of amides is 3. The second-order valence-electron chi connectivity index (χ2n) is 4.75. The lowest BCUT2D eigenvalue weighted by atomic mass is 9.89. The Morgan fingerprint density at radius 1 is 1.26 bits per heavy atom. The summed E-state index contributed by atoms with van der Waals surface area (Å²) < 4.78 is 25.3. The van der Waals surface area contributed by atoms with Crippen LogP contribution in [0.3, 0.4) is 0 Å². The Morgan fingerprint density at radius 2 is 1.89 bits per heavy atom. The van der Waals surface area contributed by atoms with Gasteiger partial charge >= 0.3 is 6.03 Å². The van der Waals surface area contributed by atoms with Crippen LogP contribution in [0.2, 0.25) is 0 Å². The van der Waals surface area contributed by atoms with Gasteiger partial charge in [-0.25, -0.2) is 17.5 Å². The molecule has 9 heteroatoms. The first kappa shape index (κ1) is 14.5. The predicted octanol–water partition coefficient (Wildman–Crippen LogP) is -0.381. The number of rotatable bonds is 4. The Bertz CT molecular complexity index is 485. The van der Waals surface area contributed by atoms with Crippen molar-refractivity contribution in [2.75, 3.05) is 24.7 Å². The summed E-state index contributed by atoms with van der Waals surface area (Å²) in [4.78, 5) is 22.9. The standard InChI is InChI=1S/C10H16ClN3O4S/c11-4-1-7-19(17,18)14-5-2-10(3-6-14)8(15)12-9(16)13-10/h1-7H2,(H2,12,13,15,16). The first-order valence-electron chi connectivity index (χ1n) is 6.07. The second kappa shape index (κ2) is 5.26. The SMILES string of the molecule is O=C1NC(=O)C2(CCN(S(=O)(=O)CCCCl)CC2)N1. The summed E-state index contributed by atoms with van der Waals surface area (Å²) in [5, 5.41) is 4.78. The molecule has 0 unspecified atom stereocenters. The lowest BCUT2D eigenvalue weighted by molar-refractivity contribution is -0.125. The molecule has 0 bridgehead atoms. The number of carbonyl (C=O) groups excluding carboxylic acids is 2. The number of carbonyl (C=O) groups is 2. The van der Waals surface area contributed by atoms with Gasteiger partial charge in [-0.2, -0.15) is 0 Å². The molecule has 2 N–H and O–H groups in total. The van der Waals surface area contributed by atoms with E-state index in [1.165, 1.54) is 4.31 Å². The minimum absolute atomic E-state index is 0.0159. The molecule has 0 saturated carbocycles. The van der Waals surface area contributed by atoms with Gasteiger partial charge in [-0.3, -0.25) is 10.1 Å². The van der Waals surface area contributed by atoms with Crippen molar-refractivity contribution in [3.8, 4) is 0 Å². The van der Waals surface area contributed by atoms with Gasteiger partial charge in [-0.1, -0.05) is 0 Å². The molecule has 0 aromatic rings. The molecule has 1 spiro atoms. The summed E-state index contributed by atoms with van der Waals surface area (Å²) in [5.74, 6) is -0.0485. The fraction of sp³-hybridized carbons (Fsp3) is 0.800. The van der Waals surface area contributed by atoms with Gasteiger partial charge in [0.1, 0.15) is 5.54 Å². The maximum Gasteiger partial charge on any atom is 0.322 e. The number of urea groups is 1. The summed E-state index contributed by atoms with van der Waals surface area (Å²) in [6.45, 7) is 0.469. The van der Waals surface area contributed by atoms with Crippen LogP contribution in [0.15, 0.2) is 0 Å². The number of hydrogen-bond donors (Lipinski definition) is 2. The van der Waals surface area contributed by atoms with Crippen molar-refractivity contribution in [2.45, 2.75) is 24.8 Å². The normalized spacial score (nSPS) is 23.4. The van der Waals surface area contributed by atoms with Crippen molar-refractivity contribution >= 4 is 33.6 Å². The molecule has 2 aliphatic heterocycles. The van der Waals surface area contributed by atoms with Crippen molar-refractivity contribution in [2.24, 2.45) is 0 Å². The minimum Gasteiger partial charge on any atom is -0.323 e. The van der Waals surface area contributed by atoms with E-state index in [4.69, 9.17) is 11.6 Å². The highest BCUT2D eigenvalue weighted by Gasteiger charge is 2.49. The van der Waals surface area contributed by atoms with E-state index in [1.807, 2.05) is 0 Å². The molecule has 7 nitrogen and oxygen atoms in total. The van der Waals surface area contributed by atoms with Crippen molar-refractivity contribution in [3.63, 3.8) is 0 Å². The Morgan fingerprint density at radius 3 is 2.37 bits per heavy atom. The van der Waals surface area contributed by atoms with Gasteiger partial charge in [0, 0.05) is 19.0 Å². The molecule has 0 aromatic heterocycles. The lowest BCUT2D eigenvalue weighted by Crippen LogP contribution is -2.55. The van der Waals surface area contributed by atoms with E-state index in [1.54, 1.807) is 0 Å². The highest BCUT2D eigenvalue weighted by molar-refractivity contribution is 7.89. The van der Waals surface area contributed by atoms with Gasteiger partial charge in [0.2, 0.25) is 10.0 Å². The molecular weight excluding hydrogens is 294 g/mol. The average molecular weight is 310 g/mol. The van der Waals surface area contributed by atoms with E-state index >= 15 is 0 Å². The quantitative estimate of drug-likeness (QED) is 0.546. The molecule has 2 saturated heterocycles. The highest BCUT2D eigenvalue weighted by atomic mass is 35.5. The third-order valence-electron chi connectivity index (χ3n) is 3.52. The van der Waals surface area contributed by atoms with Gasteiger partial charge in [-0.05, 0) is 19.3 Å². The third-order valence-corrected chi connectivity index (χ3v) is 5.74. The van der Waals surface area contributed by atoms with Crippen LogP contribution in [0, 0.1) is 0 Å². The highest BCUT2D eigenvalue weighted by Crippen LogP contribution is 2.27. The summed E-state index contributed by atoms with van der Waals surface area (Å²) >= 11 is 5.50. The molecule has 19 heavy (non-hydrogen) atoms. The van der Waals surface area contributed by atoms with Crippen molar-refractivity contribution < 1.29 is 18.0 Å². The number of alkyl halides is 1. The van der Waals surface area contributed by atoms with Gasteiger partial charge in [0.15, 0.2) is 0 Å². The monoisotopic (exact) mass is 309 g/mol. The Labute approximate surface area is 116 Å². The number of halogens is 1. The molecule has 0 atom stereocenters. The van der Waals surface area contributed by atoms with Crippen molar-refractivity contribution in [1.82, 2.24) is 14.9 Å². The minimum atomic E-state index is -3.32. The van der Waals surface area contributed by atoms with Crippen LogP contribution in [-0.2, 0) is 14.8 Å². The molecule has 108 valence electrons. The molecular formula is C10H16ClN3O4S. The molecule has 2 aliphatic rings. The Kier molecular flexibility index (Phi) is 4.03. The van der Waals surface area contributed by atoms with Crippen molar-refractivity contribution in [1.29, 1.82) is 0 Å². The van der Waals surface area contributed by atoms with E-state index < -0.39 is 21.6 Å². The van der Waals surface area contributed by atoms with Crippen molar-refractivity contribution in [3.05, 3.63) is 0 Å².